The second-order valence-electron chi connectivity index (χ2n) is 4.78. The lowest BCUT2D eigenvalue weighted by Crippen LogP contribution is -2.50. The second kappa shape index (κ2) is 6.89. The predicted octanol–water partition coefficient (Wildman–Crippen LogP) is 1.66. The third kappa shape index (κ3) is 3.47. The molecule has 0 spiro atoms. The predicted molar refractivity (Wildman–Crippen MR) is 77.3 cm³/mol. The molecular formula is C14H21ClN2O2. The van der Waals surface area contributed by atoms with Crippen LogP contribution >= 0.6 is 12.4 Å². The van der Waals surface area contributed by atoms with Gasteiger partial charge in [0, 0.05) is 0 Å². The van der Waals surface area contributed by atoms with Gasteiger partial charge in [-0.05, 0) is 25.0 Å². The lowest BCUT2D eigenvalue weighted by atomic mass is 10.0. The Labute approximate surface area is 120 Å². The van der Waals surface area contributed by atoms with Gasteiger partial charge in [0.2, 0.25) is 5.91 Å². The molecule has 0 saturated carbocycles. The van der Waals surface area contributed by atoms with Gasteiger partial charge in [0.15, 0.2) is 0 Å². The van der Waals surface area contributed by atoms with E-state index in [1.54, 1.807) is 0 Å². The largest absolute Gasteiger partial charge is 0.370 e. The molecule has 1 saturated heterocycles. The average Bonchev–Trinajstić information content (AvgIpc) is 2.39. The van der Waals surface area contributed by atoms with Crippen LogP contribution in [0.5, 0.6) is 0 Å². The molecule has 106 valence electrons. The first-order chi connectivity index (χ1) is 8.63. The van der Waals surface area contributed by atoms with Crippen molar-refractivity contribution in [3.63, 3.8) is 0 Å². The van der Waals surface area contributed by atoms with Crippen LogP contribution in [-0.4, -0.2) is 36.5 Å². The third-order valence-electron chi connectivity index (χ3n) is 3.46. The molecular weight excluding hydrogens is 264 g/mol. The quantitative estimate of drug-likeness (QED) is 0.899. The molecule has 1 aliphatic heterocycles. The van der Waals surface area contributed by atoms with E-state index in [-0.39, 0.29) is 37.0 Å². The number of hydrogen-bond acceptors (Lipinski definition) is 3. The molecule has 2 atom stereocenters. The van der Waals surface area contributed by atoms with E-state index in [9.17, 15) is 4.79 Å². The number of carbonyl (C=O) groups is 1. The summed E-state index contributed by atoms with van der Waals surface area (Å²) in [5.41, 5.74) is 7.79. The molecule has 0 radical (unpaired) electrons. The summed E-state index contributed by atoms with van der Waals surface area (Å²) < 4.78 is 5.85. The minimum Gasteiger partial charge on any atom is -0.370 e. The van der Waals surface area contributed by atoms with Crippen molar-refractivity contribution in [1.29, 1.82) is 0 Å². The molecule has 4 nitrogen and oxygen atoms in total. The first kappa shape index (κ1) is 16.0. The number of benzene rings is 1. The van der Waals surface area contributed by atoms with E-state index in [0.29, 0.717) is 13.2 Å². The molecule has 2 N–H and O–H groups in total. The third-order valence-corrected chi connectivity index (χ3v) is 3.46. The fraction of sp³-hybridized carbons (Fsp3) is 0.500. The summed E-state index contributed by atoms with van der Waals surface area (Å²) in [5.74, 6) is -0.00983. The van der Waals surface area contributed by atoms with Gasteiger partial charge in [-0.3, -0.25) is 4.79 Å². The Morgan fingerprint density at radius 3 is 2.79 bits per heavy atom. The van der Waals surface area contributed by atoms with Crippen LogP contribution in [0.25, 0.3) is 0 Å². The standard InChI is InChI=1S/C14H20N2O2.ClH/c1-10-5-3-4-6-12(10)13-8-16(14(17)7-15)11(2)9-18-13;/h3-6,11,13H,7-9,15H2,1-2H3;1H. The van der Waals surface area contributed by atoms with Crippen LogP contribution in [0.1, 0.15) is 24.2 Å². The summed E-state index contributed by atoms with van der Waals surface area (Å²) in [6.45, 7) is 5.26. The summed E-state index contributed by atoms with van der Waals surface area (Å²) in [4.78, 5) is 13.6. The van der Waals surface area contributed by atoms with Crippen LogP contribution in [0, 0.1) is 6.92 Å². The van der Waals surface area contributed by atoms with Crippen LogP contribution in [0.15, 0.2) is 24.3 Å². The molecule has 1 amide bonds. The van der Waals surface area contributed by atoms with Crippen molar-refractivity contribution in [3.8, 4) is 0 Å². The zero-order chi connectivity index (χ0) is 13.1. The van der Waals surface area contributed by atoms with Crippen LogP contribution in [0.2, 0.25) is 0 Å². The fourth-order valence-corrected chi connectivity index (χ4v) is 2.36. The highest BCUT2D eigenvalue weighted by Gasteiger charge is 2.30. The Morgan fingerprint density at radius 2 is 2.16 bits per heavy atom. The number of ether oxygens (including phenoxy) is 1. The van der Waals surface area contributed by atoms with Gasteiger partial charge in [-0.15, -0.1) is 12.4 Å². The van der Waals surface area contributed by atoms with Crippen molar-refractivity contribution < 1.29 is 9.53 Å². The van der Waals surface area contributed by atoms with Gasteiger partial charge < -0.3 is 15.4 Å². The maximum Gasteiger partial charge on any atom is 0.236 e. The number of morpholine rings is 1. The van der Waals surface area contributed by atoms with E-state index in [1.807, 2.05) is 24.0 Å². The number of aryl methyl sites for hydroxylation is 1. The highest BCUT2D eigenvalue weighted by molar-refractivity contribution is 5.85. The van der Waals surface area contributed by atoms with Crippen LogP contribution in [-0.2, 0) is 9.53 Å². The molecule has 1 fully saturated rings. The van der Waals surface area contributed by atoms with Crippen molar-refractivity contribution in [2.75, 3.05) is 19.7 Å². The normalized spacial score (nSPS) is 22.8. The van der Waals surface area contributed by atoms with Crippen molar-refractivity contribution in [2.45, 2.75) is 26.0 Å². The van der Waals surface area contributed by atoms with E-state index in [4.69, 9.17) is 10.5 Å². The molecule has 1 aromatic carbocycles. The summed E-state index contributed by atoms with van der Waals surface area (Å²) in [6, 6.07) is 8.22. The lowest BCUT2D eigenvalue weighted by molar-refractivity contribution is -0.142. The van der Waals surface area contributed by atoms with Crippen molar-refractivity contribution in [3.05, 3.63) is 35.4 Å². The van der Waals surface area contributed by atoms with E-state index in [1.165, 1.54) is 5.56 Å². The first-order valence-corrected chi connectivity index (χ1v) is 6.30. The summed E-state index contributed by atoms with van der Waals surface area (Å²) in [5, 5.41) is 0. The van der Waals surface area contributed by atoms with Gasteiger partial charge in [-0.25, -0.2) is 0 Å². The minimum atomic E-state index is -0.0436. The fourth-order valence-electron chi connectivity index (χ4n) is 2.36. The Balaban J connectivity index is 0.00000180. The Kier molecular flexibility index (Phi) is 5.79. The van der Waals surface area contributed by atoms with Gasteiger partial charge in [0.1, 0.15) is 6.10 Å². The molecule has 0 bridgehead atoms. The minimum absolute atomic E-state index is 0. The highest BCUT2D eigenvalue weighted by Crippen LogP contribution is 2.26. The van der Waals surface area contributed by atoms with E-state index in [2.05, 4.69) is 19.1 Å². The molecule has 5 heteroatoms. The molecule has 1 aliphatic rings. The summed E-state index contributed by atoms with van der Waals surface area (Å²) in [7, 11) is 0. The maximum absolute atomic E-state index is 11.8. The van der Waals surface area contributed by atoms with E-state index >= 15 is 0 Å². The van der Waals surface area contributed by atoms with E-state index in [0.717, 1.165) is 5.56 Å². The summed E-state index contributed by atoms with van der Waals surface area (Å²) >= 11 is 0. The number of hydrogen-bond donors (Lipinski definition) is 1. The van der Waals surface area contributed by atoms with Crippen molar-refractivity contribution >= 4 is 18.3 Å². The zero-order valence-corrected chi connectivity index (χ0v) is 12.2. The van der Waals surface area contributed by atoms with Crippen LogP contribution in [0.3, 0.4) is 0 Å². The summed E-state index contributed by atoms with van der Waals surface area (Å²) in [6.07, 6.45) is -0.0436. The van der Waals surface area contributed by atoms with Crippen LogP contribution in [0.4, 0.5) is 0 Å². The number of nitrogens with zero attached hydrogens (tertiary/aromatic N) is 1. The van der Waals surface area contributed by atoms with Gasteiger partial charge in [0.25, 0.3) is 0 Å². The van der Waals surface area contributed by atoms with Gasteiger partial charge in [-0.2, -0.15) is 0 Å². The molecule has 0 aliphatic carbocycles. The highest BCUT2D eigenvalue weighted by atomic mass is 35.5. The first-order valence-electron chi connectivity index (χ1n) is 6.30. The Morgan fingerprint density at radius 1 is 1.47 bits per heavy atom. The number of rotatable bonds is 2. The number of carbonyl (C=O) groups excluding carboxylic acids is 1. The zero-order valence-electron chi connectivity index (χ0n) is 11.3. The molecule has 1 heterocycles. The Hall–Kier alpha value is -1.10. The number of nitrogens with two attached hydrogens (primary N) is 1. The number of halogens is 1. The maximum atomic E-state index is 11.8. The monoisotopic (exact) mass is 284 g/mol. The topological polar surface area (TPSA) is 55.6 Å². The van der Waals surface area contributed by atoms with Crippen LogP contribution < -0.4 is 5.73 Å². The van der Waals surface area contributed by atoms with Gasteiger partial charge >= 0.3 is 0 Å². The number of amides is 1. The average molecular weight is 285 g/mol. The Bertz CT molecular complexity index is 439. The molecule has 2 unspecified atom stereocenters. The van der Waals surface area contributed by atoms with Gasteiger partial charge in [0.05, 0.1) is 25.7 Å². The lowest BCUT2D eigenvalue weighted by Gasteiger charge is -2.38. The molecule has 1 aromatic rings. The van der Waals surface area contributed by atoms with Gasteiger partial charge in [-0.1, -0.05) is 24.3 Å². The molecule has 0 aromatic heterocycles. The second-order valence-corrected chi connectivity index (χ2v) is 4.78. The smallest absolute Gasteiger partial charge is 0.236 e. The molecule has 2 rings (SSSR count). The van der Waals surface area contributed by atoms with Crippen molar-refractivity contribution in [2.24, 2.45) is 5.73 Å². The SMILES string of the molecule is Cc1ccccc1C1CN(C(=O)CN)C(C)CO1.Cl. The molecule has 19 heavy (non-hydrogen) atoms. The van der Waals surface area contributed by atoms with Crippen molar-refractivity contribution in [1.82, 2.24) is 4.90 Å². The van der Waals surface area contributed by atoms with E-state index < -0.39 is 0 Å².